The second kappa shape index (κ2) is 9.12. The van der Waals surface area contributed by atoms with E-state index in [0.29, 0.717) is 6.61 Å². The predicted molar refractivity (Wildman–Crippen MR) is 97.8 cm³/mol. The van der Waals surface area contributed by atoms with Crippen LogP contribution in [0.15, 0.2) is 48.5 Å². The first-order valence-corrected chi connectivity index (χ1v) is 9.20. The highest BCUT2D eigenvalue weighted by atomic mass is 35.5. The molecule has 0 saturated carbocycles. The molecule has 2 aromatic carbocycles. The van der Waals surface area contributed by atoms with Crippen molar-refractivity contribution < 1.29 is 4.74 Å². The lowest BCUT2D eigenvalue weighted by molar-refractivity contribution is 0.306. The van der Waals surface area contributed by atoms with Crippen LogP contribution >= 0.6 is 23.4 Å². The molecule has 2 rings (SSSR count). The summed E-state index contributed by atoms with van der Waals surface area (Å²) in [5.74, 6) is 4.00. The van der Waals surface area contributed by atoms with Crippen molar-refractivity contribution in [1.82, 2.24) is 0 Å². The van der Waals surface area contributed by atoms with Gasteiger partial charge in [-0.3, -0.25) is 0 Å². The first kappa shape index (κ1) is 17.2. The minimum absolute atomic E-state index is 0.569. The van der Waals surface area contributed by atoms with E-state index < -0.39 is 0 Å². The van der Waals surface area contributed by atoms with E-state index in [1.807, 2.05) is 48.2 Å². The van der Waals surface area contributed by atoms with E-state index in [4.69, 9.17) is 16.3 Å². The second-order valence-electron chi connectivity index (χ2n) is 5.79. The molecule has 0 fully saturated rings. The molecular formula is C19H23ClOS. The molecule has 0 heterocycles. The van der Waals surface area contributed by atoms with Crippen LogP contribution in [0.5, 0.6) is 5.75 Å². The fourth-order valence-electron chi connectivity index (χ4n) is 1.94. The van der Waals surface area contributed by atoms with Crippen LogP contribution in [0.4, 0.5) is 0 Å². The third kappa shape index (κ3) is 6.33. The smallest absolute Gasteiger partial charge is 0.119 e. The van der Waals surface area contributed by atoms with E-state index >= 15 is 0 Å². The molecule has 0 saturated heterocycles. The largest absolute Gasteiger partial charge is 0.489 e. The van der Waals surface area contributed by atoms with Gasteiger partial charge in [0.15, 0.2) is 0 Å². The molecule has 0 unspecified atom stereocenters. The molecule has 0 bridgehead atoms. The van der Waals surface area contributed by atoms with Crippen LogP contribution in [0.25, 0.3) is 0 Å². The molecule has 0 radical (unpaired) electrons. The van der Waals surface area contributed by atoms with Crippen molar-refractivity contribution in [3.63, 3.8) is 0 Å². The Morgan fingerprint density at radius 2 is 1.59 bits per heavy atom. The Bertz CT molecular complexity index is 549. The molecule has 3 heteroatoms. The molecule has 0 aliphatic carbocycles. The van der Waals surface area contributed by atoms with E-state index in [2.05, 4.69) is 26.0 Å². The highest BCUT2D eigenvalue weighted by molar-refractivity contribution is 7.98. The standard InChI is InChI=1S/C19H23ClOS/c1-15(2)11-12-22-14-17-5-9-19(10-6-17)21-13-16-3-7-18(20)8-4-16/h3-10,15H,11-14H2,1-2H3. The maximum atomic E-state index is 5.87. The van der Waals surface area contributed by atoms with Crippen LogP contribution in [0.2, 0.25) is 5.02 Å². The molecule has 0 N–H and O–H groups in total. The molecule has 0 atom stereocenters. The zero-order chi connectivity index (χ0) is 15.8. The maximum Gasteiger partial charge on any atom is 0.119 e. The third-order valence-electron chi connectivity index (χ3n) is 3.35. The molecule has 118 valence electrons. The lowest BCUT2D eigenvalue weighted by atomic mass is 10.2. The zero-order valence-electron chi connectivity index (χ0n) is 13.2. The number of halogens is 1. The second-order valence-corrected chi connectivity index (χ2v) is 7.34. The van der Waals surface area contributed by atoms with Crippen molar-refractivity contribution in [3.8, 4) is 5.75 Å². The number of thioether (sulfide) groups is 1. The number of benzene rings is 2. The summed E-state index contributed by atoms with van der Waals surface area (Å²) in [6.07, 6.45) is 1.28. The van der Waals surface area contributed by atoms with Gasteiger partial charge in [0.25, 0.3) is 0 Å². The quantitative estimate of drug-likeness (QED) is 0.531. The van der Waals surface area contributed by atoms with Gasteiger partial charge in [0.1, 0.15) is 12.4 Å². The Morgan fingerprint density at radius 3 is 2.23 bits per heavy atom. The number of hydrogen-bond donors (Lipinski definition) is 0. The fourth-order valence-corrected chi connectivity index (χ4v) is 3.27. The van der Waals surface area contributed by atoms with E-state index in [-0.39, 0.29) is 0 Å². The van der Waals surface area contributed by atoms with Gasteiger partial charge < -0.3 is 4.74 Å². The maximum absolute atomic E-state index is 5.87. The van der Waals surface area contributed by atoms with Crippen LogP contribution in [-0.4, -0.2) is 5.75 Å². The summed E-state index contributed by atoms with van der Waals surface area (Å²) < 4.78 is 5.79. The molecule has 0 spiro atoms. The normalized spacial score (nSPS) is 10.9. The van der Waals surface area contributed by atoms with Crippen molar-refractivity contribution in [3.05, 3.63) is 64.7 Å². The van der Waals surface area contributed by atoms with Gasteiger partial charge in [-0.25, -0.2) is 0 Å². The Balaban J connectivity index is 1.75. The van der Waals surface area contributed by atoms with Crippen molar-refractivity contribution >= 4 is 23.4 Å². The molecular weight excluding hydrogens is 312 g/mol. The summed E-state index contributed by atoms with van der Waals surface area (Å²) in [6.45, 7) is 5.11. The Labute approximate surface area is 143 Å². The average molecular weight is 335 g/mol. The number of rotatable bonds is 8. The SMILES string of the molecule is CC(C)CCSCc1ccc(OCc2ccc(Cl)cc2)cc1. The van der Waals surface area contributed by atoms with Gasteiger partial charge in [0.05, 0.1) is 0 Å². The van der Waals surface area contributed by atoms with Crippen LogP contribution in [0.3, 0.4) is 0 Å². The summed E-state index contributed by atoms with van der Waals surface area (Å²) in [6, 6.07) is 16.2. The number of hydrogen-bond acceptors (Lipinski definition) is 2. The van der Waals surface area contributed by atoms with Gasteiger partial charge in [-0.05, 0) is 53.5 Å². The monoisotopic (exact) mass is 334 g/mol. The predicted octanol–water partition coefficient (Wildman–Crippen LogP) is 6.20. The molecule has 2 aromatic rings. The lowest BCUT2D eigenvalue weighted by Crippen LogP contribution is -1.95. The minimum atomic E-state index is 0.569. The molecule has 1 nitrogen and oxygen atoms in total. The summed E-state index contributed by atoms with van der Waals surface area (Å²) in [4.78, 5) is 0. The molecule has 0 aliphatic heterocycles. The Kier molecular flexibility index (Phi) is 7.14. The van der Waals surface area contributed by atoms with Gasteiger partial charge in [0.2, 0.25) is 0 Å². The highest BCUT2D eigenvalue weighted by Gasteiger charge is 1.99. The van der Waals surface area contributed by atoms with Crippen LogP contribution in [-0.2, 0) is 12.4 Å². The summed E-state index contributed by atoms with van der Waals surface area (Å²) >= 11 is 7.87. The van der Waals surface area contributed by atoms with E-state index in [0.717, 1.165) is 28.0 Å². The number of ether oxygens (including phenoxy) is 1. The van der Waals surface area contributed by atoms with E-state index in [1.54, 1.807) is 0 Å². The summed E-state index contributed by atoms with van der Waals surface area (Å²) in [5.41, 5.74) is 2.48. The summed E-state index contributed by atoms with van der Waals surface area (Å²) in [5, 5.41) is 0.753. The lowest BCUT2D eigenvalue weighted by Gasteiger charge is -2.08. The van der Waals surface area contributed by atoms with E-state index in [9.17, 15) is 0 Å². The third-order valence-corrected chi connectivity index (χ3v) is 4.66. The zero-order valence-corrected chi connectivity index (χ0v) is 14.8. The minimum Gasteiger partial charge on any atom is -0.489 e. The van der Waals surface area contributed by atoms with Crippen LogP contribution in [0, 0.1) is 5.92 Å². The van der Waals surface area contributed by atoms with Gasteiger partial charge in [-0.2, -0.15) is 11.8 Å². The van der Waals surface area contributed by atoms with Crippen molar-refractivity contribution in [2.24, 2.45) is 5.92 Å². The molecule has 22 heavy (non-hydrogen) atoms. The molecule has 0 amide bonds. The Hall–Kier alpha value is -1.12. The van der Waals surface area contributed by atoms with Crippen molar-refractivity contribution in [2.45, 2.75) is 32.6 Å². The van der Waals surface area contributed by atoms with Crippen LogP contribution in [0.1, 0.15) is 31.4 Å². The summed E-state index contributed by atoms with van der Waals surface area (Å²) in [7, 11) is 0. The average Bonchev–Trinajstić information content (AvgIpc) is 2.52. The van der Waals surface area contributed by atoms with Crippen LogP contribution < -0.4 is 4.74 Å². The first-order valence-electron chi connectivity index (χ1n) is 7.67. The van der Waals surface area contributed by atoms with Gasteiger partial charge in [-0.1, -0.05) is 49.7 Å². The van der Waals surface area contributed by atoms with Gasteiger partial charge >= 0.3 is 0 Å². The van der Waals surface area contributed by atoms with Gasteiger partial charge in [-0.15, -0.1) is 0 Å². The Morgan fingerprint density at radius 1 is 0.955 bits per heavy atom. The topological polar surface area (TPSA) is 9.23 Å². The first-order chi connectivity index (χ1) is 10.6. The van der Waals surface area contributed by atoms with Crippen molar-refractivity contribution in [1.29, 1.82) is 0 Å². The van der Waals surface area contributed by atoms with Crippen molar-refractivity contribution in [2.75, 3.05) is 5.75 Å². The van der Waals surface area contributed by atoms with Gasteiger partial charge in [0, 0.05) is 10.8 Å². The fraction of sp³-hybridized carbons (Fsp3) is 0.368. The highest BCUT2D eigenvalue weighted by Crippen LogP contribution is 2.19. The van der Waals surface area contributed by atoms with E-state index in [1.165, 1.54) is 17.7 Å². The molecule has 0 aromatic heterocycles. The molecule has 0 aliphatic rings.